The standard InChI is InChI=1S/C30H32N4O5/c1-5-38-27-16-21(10-15-26(27)39-19-24-9-7-6-8-23(24)17-31)18-32-34-30(36)28(20(2)3)33-29(35)22-11-13-25(37-4)14-12-22/h6-16,18,20,28H,5,19H2,1-4H3,(H,33,35)(H,34,36). The highest BCUT2D eigenvalue weighted by molar-refractivity contribution is 5.97. The second-order valence-electron chi connectivity index (χ2n) is 8.85. The van der Waals surface area contributed by atoms with Crippen molar-refractivity contribution < 1.29 is 23.8 Å². The van der Waals surface area contributed by atoms with Gasteiger partial charge in [-0.15, -0.1) is 0 Å². The average Bonchev–Trinajstić information content (AvgIpc) is 2.95. The number of benzene rings is 3. The number of carbonyl (C=O) groups is 2. The molecule has 0 radical (unpaired) electrons. The molecule has 3 aromatic rings. The Hall–Kier alpha value is -4.84. The van der Waals surface area contributed by atoms with Gasteiger partial charge in [0.05, 0.1) is 31.6 Å². The van der Waals surface area contributed by atoms with Crippen molar-refractivity contribution in [1.29, 1.82) is 5.26 Å². The van der Waals surface area contributed by atoms with Crippen LogP contribution in [0.4, 0.5) is 0 Å². The van der Waals surface area contributed by atoms with Crippen LogP contribution in [0.2, 0.25) is 0 Å². The molecule has 0 aliphatic rings. The molecule has 0 saturated heterocycles. The monoisotopic (exact) mass is 528 g/mol. The molecule has 0 aliphatic heterocycles. The van der Waals surface area contributed by atoms with Gasteiger partial charge in [0.25, 0.3) is 11.8 Å². The second-order valence-corrected chi connectivity index (χ2v) is 8.85. The molecule has 2 amide bonds. The molecule has 39 heavy (non-hydrogen) atoms. The summed E-state index contributed by atoms with van der Waals surface area (Å²) in [5.41, 5.74) is 4.92. The molecule has 202 valence electrons. The maximum absolute atomic E-state index is 12.8. The predicted molar refractivity (Wildman–Crippen MR) is 148 cm³/mol. The lowest BCUT2D eigenvalue weighted by atomic mass is 10.0. The van der Waals surface area contributed by atoms with E-state index in [1.807, 2.05) is 32.9 Å². The summed E-state index contributed by atoms with van der Waals surface area (Å²) >= 11 is 0. The number of nitrogens with zero attached hydrogens (tertiary/aromatic N) is 2. The second kappa shape index (κ2) is 14.2. The summed E-state index contributed by atoms with van der Waals surface area (Å²) in [6.07, 6.45) is 1.48. The van der Waals surface area contributed by atoms with Crippen LogP contribution < -0.4 is 25.0 Å². The van der Waals surface area contributed by atoms with Gasteiger partial charge in [-0.2, -0.15) is 10.4 Å². The van der Waals surface area contributed by atoms with Crippen molar-refractivity contribution in [2.24, 2.45) is 11.0 Å². The molecule has 9 heteroatoms. The van der Waals surface area contributed by atoms with E-state index in [9.17, 15) is 14.9 Å². The first-order valence-electron chi connectivity index (χ1n) is 12.5. The fourth-order valence-electron chi connectivity index (χ4n) is 3.65. The van der Waals surface area contributed by atoms with Gasteiger partial charge in [-0.3, -0.25) is 9.59 Å². The number of nitriles is 1. The number of methoxy groups -OCH3 is 1. The van der Waals surface area contributed by atoms with E-state index in [1.165, 1.54) is 6.21 Å². The first-order chi connectivity index (χ1) is 18.9. The van der Waals surface area contributed by atoms with E-state index in [2.05, 4.69) is 21.9 Å². The quantitative estimate of drug-likeness (QED) is 0.265. The van der Waals surface area contributed by atoms with Gasteiger partial charge in [0.15, 0.2) is 11.5 Å². The van der Waals surface area contributed by atoms with Crippen LogP contribution in [0.1, 0.15) is 47.8 Å². The number of hydrazone groups is 1. The van der Waals surface area contributed by atoms with Crippen molar-refractivity contribution >= 4 is 18.0 Å². The van der Waals surface area contributed by atoms with Crippen molar-refractivity contribution in [1.82, 2.24) is 10.7 Å². The van der Waals surface area contributed by atoms with Gasteiger partial charge < -0.3 is 19.5 Å². The van der Waals surface area contributed by atoms with Crippen LogP contribution in [0.25, 0.3) is 0 Å². The molecule has 0 saturated carbocycles. The lowest BCUT2D eigenvalue weighted by Gasteiger charge is -2.20. The van der Waals surface area contributed by atoms with Gasteiger partial charge in [-0.25, -0.2) is 5.43 Å². The van der Waals surface area contributed by atoms with E-state index in [4.69, 9.17) is 14.2 Å². The van der Waals surface area contributed by atoms with Crippen LogP contribution in [0, 0.1) is 17.2 Å². The van der Waals surface area contributed by atoms with Gasteiger partial charge in [-0.05, 0) is 66.9 Å². The van der Waals surface area contributed by atoms with Crippen LogP contribution in [0.5, 0.6) is 17.2 Å². The molecule has 0 aromatic heterocycles. The summed E-state index contributed by atoms with van der Waals surface area (Å²) in [5, 5.41) is 16.1. The van der Waals surface area contributed by atoms with Crippen molar-refractivity contribution in [2.45, 2.75) is 33.4 Å². The van der Waals surface area contributed by atoms with Crippen LogP contribution in [-0.2, 0) is 11.4 Å². The van der Waals surface area contributed by atoms with Gasteiger partial charge in [0.2, 0.25) is 0 Å². The number of nitrogens with one attached hydrogen (secondary N) is 2. The number of hydrogen-bond donors (Lipinski definition) is 2. The minimum Gasteiger partial charge on any atom is -0.497 e. The molecule has 3 aromatic carbocycles. The van der Waals surface area contributed by atoms with Crippen LogP contribution >= 0.6 is 0 Å². The Kier molecular flexibility index (Phi) is 10.5. The van der Waals surface area contributed by atoms with Crippen molar-refractivity contribution in [3.05, 3.63) is 89.0 Å². The van der Waals surface area contributed by atoms with Crippen LogP contribution in [-0.4, -0.2) is 37.8 Å². The predicted octanol–water partition coefficient (Wildman–Crippen LogP) is 4.45. The minimum atomic E-state index is -0.789. The fourth-order valence-corrected chi connectivity index (χ4v) is 3.65. The average molecular weight is 529 g/mol. The Labute approximate surface area is 228 Å². The fraction of sp³-hybridized carbons (Fsp3) is 0.267. The Balaban J connectivity index is 1.64. The zero-order valence-electron chi connectivity index (χ0n) is 22.4. The molecule has 0 heterocycles. The van der Waals surface area contributed by atoms with Crippen LogP contribution in [0.3, 0.4) is 0 Å². The van der Waals surface area contributed by atoms with Crippen molar-refractivity contribution in [3.63, 3.8) is 0 Å². The van der Waals surface area contributed by atoms with Gasteiger partial charge >= 0.3 is 0 Å². The zero-order chi connectivity index (χ0) is 28.2. The van der Waals surface area contributed by atoms with E-state index < -0.39 is 11.9 Å². The molecule has 2 N–H and O–H groups in total. The van der Waals surface area contributed by atoms with E-state index in [-0.39, 0.29) is 18.4 Å². The first-order valence-corrected chi connectivity index (χ1v) is 12.5. The molecule has 0 bridgehead atoms. The van der Waals surface area contributed by atoms with E-state index in [0.717, 1.165) is 5.56 Å². The van der Waals surface area contributed by atoms with E-state index in [1.54, 1.807) is 61.7 Å². The molecule has 1 unspecified atom stereocenters. The molecule has 0 aliphatic carbocycles. The Morgan fingerprint density at radius 2 is 1.77 bits per heavy atom. The summed E-state index contributed by atoms with van der Waals surface area (Å²) in [7, 11) is 1.55. The molecular formula is C30H32N4O5. The zero-order valence-corrected chi connectivity index (χ0v) is 22.4. The first kappa shape index (κ1) is 28.7. The molecule has 0 spiro atoms. The van der Waals surface area contributed by atoms with Gasteiger partial charge in [0, 0.05) is 11.1 Å². The molecular weight excluding hydrogens is 496 g/mol. The maximum Gasteiger partial charge on any atom is 0.262 e. The summed E-state index contributed by atoms with van der Waals surface area (Å²) in [4.78, 5) is 25.5. The van der Waals surface area contributed by atoms with E-state index >= 15 is 0 Å². The Morgan fingerprint density at radius 3 is 2.44 bits per heavy atom. The van der Waals surface area contributed by atoms with Gasteiger partial charge in [-0.1, -0.05) is 32.0 Å². The number of carbonyl (C=O) groups excluding carboxylic acids is 2. The smallest absolute Gasteiger partial charge is 0.262 e. The third-order valence-electron chi connectivity index (χ3n) is 5.76. The molecule has 9 nitrogen and oxygen atoms in total. The molecule has 0 fully saturated rings. The summed E-state index contributed by atoms with van der Waals surface area (Å²) in [5.74, 6) is 0.681. The topological polar surface area (TPSA) is 122 Å². The Morgan fingerprint density at radius 1 is 1.03 bits per heavy atom. The SMILES string of the molecule is CCOc1cc(C=NNC(=O)C(NC(=O)c2ccc(OC)cc2)C(C)C)ccc1OCc1ccccc1C#N. The van der Waals surface area contributed by atoms with Crippen LogP contribution in [0.15, 0.2) is 71.8 Å². The van der Waals surface area contributed by atoms with E-state index in [0.29, 0.717) is 40.5 Å². The Bertz CT molecular complexity index is 1350. The lowest BCUT2D eigenvalue weighted by molar-refractivity contribution is -0.123. The van der Waals surface area contributed by atoms with Gasteiger partial charge in [0.1, 0.15) is 18.4 Å². The molecule has 1 atom stereocenters. The van der Waals surface area contributed by atoms with Crippen molar-refractivity contribution in [2.75, 3.05) is 13.7 Å². The normalized spacial score (nSPS) is 11.5. The maximum atomic E-state index is 12.8. The number of amides is 2. The highest BCUT2D eigenvalue weighted by Gasteiger charge is 2.24. The summed E-state index contributed by atoms with van der Waals surface area (Å²) in [6.45, 7) is 6.18. The third-order valence-corrected chi connectivity index (χ3v) is 5.76. The molecule has 3 rings (SSSR count). The highest BCUT2D eigenvalue weighted by atomic mass is 16.5. The van der Waals surface area contributed by atoms with Crippen molar-refractivity contribution in [3.8, 4) is 23.3 Å². The number of ether oxygens (including phenoxy) is 3. The summed E-state index contributed by atoms with van der Waals surface area (Å²) < 4.78 is 16.8. The number of rotatable bonds is 12. The lowest BCUT2D eigenvalue weighted by Crippen LogP contribution is -2.48. The largest absolute Gasteiger partial charge is 0.497 e. The minimum absolute atomic E-state index is 0.172. The third kappa shape index (κ3) is 8.07. The summed E-state index contributed by atoms with van der Waals surface area (Å²) in [6, 6.07) is 20.5. The number of hydrogen-bond acceptors (Lipinski definition) is 7. The highest BCUT2D eigenvalue weighted by Crippen LogP contribution is 2.29.